The first-order valence-electron chi connectivity index (χ1n) is 44.9. The van der Waals surface area contributed by atoms with Crippen LogP contribution in [0.15, 0.2) is 200 Å². The molecule has 0 spiro atoms. The molecule has 9 aromatic rings. The van der Waals surface area contributed by atoms with Gasteiger partial charge in [-0.3, -0.25) is 0 Å². The molecule has 0 aromatic heterocycles. The Hall–Kier alpha value is -9.53. The molecule has 0 saturated carbocycles. The summed E-state index contributed by atoms with van der Waals surface area (Å²) in [6, 6.07) is 67.9. The molecular weight excluding hydrogens is 1600 g/mol. The largest absolute Gasteiger partial charge is 0.496 e. The molecular formula is C102H132ClN5O17. The highest BCUT2D eigenvalue weighted by atomic mass is 35.5. The molecule has 9 aromatic carbocycles. The van der Waals surface area contributed by atoms with Crippen molar-refractivity contribution in [1.29, 1.82) is 0 Å². The van der Waals surface area contributed by atoms with Gasteiger partial charge >= 0.3 is 0 Å². The smallest absolute Gasteiger partial charge is 0.161 e. The molecule has 3 fully saturated rings. The lowest BCUT2D eigenvalue weighted by atomic mass is 9.87. The Morgan fingerprint density at radius 3 is 1.28 bits per heavy atom. The molecule has 23 heteroatoms. The second-order valence-electron chi connectivity index (χ2n) is 31.9. The van der Waals surface area contributed by atoms with Crippen LogP contribution in [0.4, 0.5) is 11.4 Å². The quantitative estimate of drug-likeness (QED) is 0.0304. The summed E-state index contributed by atoms with van der Waals surface area (Å²) in [6.07, 6.45) is 8.63. The van der Waals surface area contributed by atoms with Gasteiger partial charge in [0.1, 0.15) is 59.2 Å². The van der Waals surface area contributed by atoms with Crippen LogP contribution in [-0.4, -0.2) is 198 Å². The van der Waals surface area contributed by atoms with Gasteiger partial charge < -0.3 is 106 Å². The van der Waals surface area contributed by atoms with E-state index in [1.165, 1.54) is 33.4 Å². The lowest BCUT2D eigenvalue weighted by Gasteiger charge is -2.33. The van der Waals surface area contributed by atoms with Crippen molar-refractivity contribution in [2.45, 2.75) is 134 Å². The molecule has 0 amide bonds. The van der Waals surface area contributed by atoms with Crippen LogP contribution in [0.1, 0.15) is 127 Å². The van der Waals surface area contributed by atoms with Gasteiger partial charge in [0.15, 0.2) is 11.5 Å². The zero-order chi connectivity index (χ0) is 86.7. The van der Waals surface area contributed by atoms with E-state index in [0.717, 1.165) is 223 Å². The van der Waals surface area contributed by atoms with Gasteiger partial charge in [-0.25, -0.2) is 0 Å². The second-order valence-corrected chi connectivity index (χ2v) is 32.3. The number of rotatable bonds is 47. The van der Waals surface area contributed by atoms with Crippen LogP contribution >= 0.6 is 11.6 Å². The van der Waals surface area contributed by atoms with Crippen molar-refractivity contribution in [2.24, 2.45) is 0 Å². The fourth-order valence-corrected chi connectivity index (χ4v) is 16.4. The fourth-order valence-electron chi connectivity index (χ4n) is 16.2. The first kappa shape index (κ1) is 94.6. The van der Waals surface area contributed by atoms with Gasteiger partial charge in [0, 0.05) is 128 Å². The summed E-state index contributed by atoms with van der Waals surface area (Å²) in [6.45, 7) is 23.8. The summed E-state index contributed by atoms with van der Waals surface area (Å²) in [5.74, 6) is 9.57. The average Bonchev–Trinajstić information content (AvgIpc) is 0.816. The molecule has 674 valence electrons. The van der Waals surface area contributed by atoms with Gasteiger partial charge in [-0.05, 0) is 214 Å². The maximum Gasteiger partial charge on any atom is 0.161 e. The highest BCUT2D eigenvalue weighted by molar-refractivity contribution is 6.30. The molecule has 22 nitrogen and oxygen atoms in total. The number of anilines is 2. The summed E-state index contributed by atoms with van der Waals surface area (Å²) in [5, 5.41) is 11.2. The minimum Gasteiger partial charge on any atom is -0.496 e. The number of benzene rings is 9. The van der Waals surface area contributed by atoms with E-state index in [9.17, 15) is 0 Å². The number of para-hydroxylation sites is 1. The van der Waals surface area contributed by atoms with Gasteiger partial charge in [-0.2, -0.15) is 0 Å². The van der Waals surface area contributed by atoms with E-state index in [2.05, 4.69) is 154 Å². The van der Waals surface area contributed by atoms with Crippen molar-refractivity contribution in [3.05, 3.63) is 250 Å². The van der Waals surface area contributed by atoms with E-state index in [1.807, 2.05) is 85.8 Å². The van der Waals surface area contributed by atoms with Crippen molar-refractivity contribution < 1.29 is 80.5 Å². The molecule has 5 aliphatic rings. The van der Waals surface area contributed by atoms with E-state index >= 15 is 0 Å². The third kappa shape index (κ3) is 30.9. The molecule has 0 bridgehead atoms. The van der Waals surface area contributed by atoms with Crippen molar-refractivity contribution in [3.8, 4) is 57.5 Å². The molecule has 14 rings (SSSR count). The van der Waals surface area contributed by atoms with Gasteiger partial charge in [0.25, 0.3) is 0 Å². The minimum absolute atomic E-state index is 0.0681. The van der Waals surface area contributed by atoms with Crippen LogP contribution in [0.5, 0.6) is 57.5 Å². The van der Waals surface area contributed by atoms with Crippen LogP contribution in [0.2, 0.25) is 5.02 Å². The summed E-state index contributed by atoms with van der Waals surface area (Å²) in [4.78, 5) is 4.79. The van der Waals surface area contributed by atoms with E-state index in [-0.39, 0.29) is 18.3 Å². The predicted molar refractivity (Wildman–Crippen MR) is 493 cm³/mol. The first-order valence-corrected chi connectivity index (χ1v) is 45.3. The predicted octanol–water partition coefficient (Wildman–Crippen LogP) is 18.0. The zero-order valence-electron chi connectivity index (χ0n) is 74.2. The average molecular weight is 1740 g/mol. The SMILES string of the molecule is CCOc1ccc(CO[C@H]2CNCC[C@@H]2c2ccc(OCCCOCc3ccccc3OC)cc2)cc1OCCCOC.COCCCN1CCOc2ccc(CO[C@H]3CNCC[C@@H]3c3ccc(OCCCOc4cccc(C)c4)cc3)cc21.COCCCN1CCOc2ccc(CO[C@H]3CNCC[C@@H]3c3ccc(OCCCOc4cccc(Cl)c4)cc3)cc21. The van der Waals surface area contributed by atoms with Crippen LogP contribution in [0.3, 0.4) is 0 Å². The van der Waals surface area contributed by atoms with Gasteiger partial charge in [0.2, 0.25) is 0 Å². The molecule has 0 unspecified atom stereocenters. The van der Waals surface area contributed by atoms with Crippen molar-refractivity contribution >= 4 is 23.0 Å². The molecule has 5 heterocycles. The van der Waals surface area contributed by atoms with Crippen LogP contribution in [0.25, 0.3) is 0 Å². The fraction of sp³-hybridized carbons (Fsp3) is 0.471. The molecule has 6 atom stereocenters. The van der Waals surface area contributed by atoms with Crippen molar-refractivity contribution in [2.75, 3.05) is 190 Å². The van der Waals surface area contributed by atoms with E-state index in [1.54, 1.807) is 28.4 Å². The van der Waals surface area contributed by atoms with E-state index < -0.39 is 0 Å². The molecule has 3 N–H and O–H groups in total. The number of ether oxygens (including phenoxy) is 17. The third-order valence-corrected chi connectivity index (χ3v) is 23.0. The van der Waals surface area contributed by atoms with Gasteiger partial charge in [0.05, 0.1) is 129 Å². The maximum atomic E-state index is 6.54. The summed E-state index contributed by atoms with van der Waals surface area (Å²) >= 11 is 6.01. The second kappa shape index (κ2) is 53.2. The maximum absolute atomic E-state index is 6.54. The number of aryl methyl sites for hydroxylation is 1. The Morgan fingerprint density at radius 2 is 0.808 bits per heavy atom. The first-order chi connectivity index (χ1) is 61.6. The summed E-state index contributed by atoms with van der Waals surface area (Å²) in [5.41, 5.74) is 11.8. The Balaban J connectivity index is 0.000000171. The summed E-state index contributed by atoms with van der Waals surface area (Å²) < 4.78 is 99.5. The van der Waals surface area contributed by atoms with Crippen LogP contribution in [-0.2, 0) is 59.6 Å². The topological polar surface area (TPSA) is 199 Å². The lowest BCUT2D eigenvalue weighted by molar-refractivity contribution is 0.0104. The number of halogens is 1. The molecule has 5 aliphatic heterocycles. The Morgan fingerprint density at radius 1 is 0.376 bits per heavy atom. The third-order valence-electron chi connectivity index (χ3n) is 22.8. The Kier molecular flexibility index (Phi) is 40.2. The standard InChI is InChI=1S/C35H47NO7.C34H44N2O5.C33H41ClN2O5/c1-4-40-33-16-11-27(23-34(33)42-22-7-19-37-2)25-43-35-24-36-18-17-31(35)28-12-14-30(15-13-28)41-21-8-20-39-26-29-9-5-6-10-32(29)38-3;1-26-6-3-7-30(22-26)39-20-5-19-38-29-11-9-28(10-12-29)31-14-15-35-24-34(31)41-25-27-8-13-33-32(23-27)36(17-21-40-33)16-4-18-37-2;1-37-17-3-15-36-16-20-40-32-12-7-25(21-31(32)36)24-41-33-23-35-14-13-30(33)26-8-10-28(11-9-26)38-18-4-19-39-29-6-2-5-27(34)22-29/h5-6,9-16,23,31,35-36H,4,7-8,17-22,24-26H2,1-3H3;3,6-13,22-23,31,34-35H,4-5,14-21,24-25H2,1-2H3;2,5-12,21-22,30,33,35H,3-4,13-20,23-24H2,1H3/t31-,35+;31-,34+;30-,33+/m111/s1. The van der Waals surface area contributed by atoms with E-state index in [4.69, 9.17) is 92.1 Å². The molecule has 3 saturated heterocycles. The summed E-state index contributed by atoms with van der Waals surface area (Å²) in [7, 11) is 6.88. The molecule has 0 radical (unpaired) electrons. The number of piperidine rings is 3. The van der Waals surface area contributed by atoms with Crippen molar-refractivity contribution in [1.82, 2.24) is 16.0 Å². The molecule has 0 aliphatic carbocycles. The Labute approximate surface area is 746 Å². The monoisotopic (exact) mass is 1730 g/mol. The number of hydrogen-bond acceptors (Lipinski definition) is 22. The van der Waals surface area contributed by atoms with Crippen molar-refractivity contribution in [3.63, 3.8) is 0 Å². The number of nitrogens with zero attached hydrogens (tertiary/aromatic N) is 2. The number of hydrogen-bond donors (Lipinski definition) is 3. The zero-order valence-corrected chi connectivity index (χ0v) is 74.9. The van der Waals surface area contributed by atoms with E-state index in [0.29, 0.717) is 115 Å². The minimum atomic E-state index is 0.0681. The molecule has 125 heavy (non-hydrogen) atoms. The normalized spacial score (nSPS) is 17.8. The Bertz CT molecular complexity index is 4360. The highest BCUT2D eigenvalue weighted by Gasteiger charge is 2.32. The number of nitrogens with one attached hydrogen (secondary N) is 3. The van der Waals surface area contributed by atoms with Crippen LogP contribution < -0.4 is 73.1 Å². The van der Waals surface area contributed by atoms with Gasteiger partial charge in [-0.15, -0.1) is 0 Å². The number of methoxy groups -OCH3 is 4. The van der Waals surface area contributed by atoms with Gasteiger partial charge in [-0.1, -0.05) is 103 Å². The van der Waals surface area contributed by atoms with Crippen LogP contribution in [0, 0.1) is 6.92 Å². The highest BCUT2D eigenvalue weighted by Crippen LogP contribution is 2.39. The number of fused-ring (bicyclic) bond motifs is 2. The lowest BCUT2D eigenvalue weighted by Crippen LogP contribution is -2.41.